The summed E-state index contributed by atoms with van der Waals surface area (Å²) in [5.41, 5.74) is 3.56. The van der Waals surface area contributed by atoms with Crippen LogP contribution in [0.5, 0.6) is 0 Å². The van der Waals surface area contributed by atoms with Crippen molar-refractivity contribution in [3.63, 3.8) is 0 Å². The molecule has 0 saturated heterocycles. The zero-order valence-electron chi connectivity index (χ0n) is 13.7. The van der Waals surface area contributed by atoms with Crippen molar-refractivity contribution in [3.8, 4) is 0 Å². The van der Waals surface area contributed by atoms with Crippen molar-refractivity contribution in [1.82, 2.24) is 0 Å². The molecule has 0 aromatic heterocycles. The highest BCUT2D eigenvalue weighted by Gasteiger charge is 2.43. The van der Waals surface area contributed by atoms with Crippen LogP contribution in [0.2, 0.25) is 0 Å². The van der Waals surface area contributed by atoms with Crippen LogP contribution >= 0.6 is 0 Å². The second kappa shape index (κ2) is 8.06. The van der Waals surface area contributed by atoms with E-state index in [1.54, 1.807) is 18.4 Å². The van der Waals surface area contributed by atoms with E-state index in [0.717, 1.165) is 28.8 Å². The summed E-state index contributed by atoms with van der Waals surface area (Å²) in [6, 6.07) is 5.65. The van der Waals surface area contributed by atoms with Crippen molar-refractivity contribution < 1.29 is 4.79 Å². The third-order valence-corrected chi connectivity index (χ3v) is 3.94. The van der Waals surface area contributed by atoms with Crippen molar-refractivity contribution in [2.24, 2.45) is 16.8 Å². The van der Waals surface area contributed by atoms with Crippen LogP contribution < -0.4 is 5.32 Å². The Balaban J connectivity index is 2.03. The van der Waals surface area contributed by atoms with E-state index in [2.05, 4.69) is 36.6 Å². The van der Waals surface area contributed by atoms with E-state index in [0.29, 0.717) is 0 Å². The lowest BCUT2D eigenvalue weighted by Gasteiger charge is -2.08. The van der Waals surface area contributed by atoms with E-state index < -0.39 is 0 Å². The van der Waals surface area contributed by atoms with Gasteiger partial charge in [-0.2, -0.15) is 0 Å². The van der Waals surface area contributed by atoms with E-state index in [1.807, 2.05) is 30.4 Å². The SMILES string of the molecule is C=C/C=C\C(=C)C1CC1C(=O)Nc1ccc(/C=N\C=C)c(C=C)c1. The van der Waals surface area contributed by atoms with Gasteiger partial charge >= 0.3 is 0 Å². The second-order valence-corrected chi connectivity index (χ2v) is 5.62. The maximum atomic E-state index is 12.4. The van der Waals surface area contributed by atoms with E-state index in [1.165, 1.54) is 6.20 Å². The maximum absolute atomic E-state index is 12.4. The fourth-order valence-corrected chi connectivity index (χ4v) is 2.52. The molecule has 24 heavy (non-hydrogen) atoms. The molecule has 1 aliphatic carbocycles. The summed E-state index contributed by atoms with van der Waals surface area (Å²) in [5.74, 6) is 0.232. The minimum Gasteiger partial charge on any atom is -0.326 e. The van der Waals surface area contributed by atoms with Crippen molar-refractivity contribution in [2.45, 2.75) is 6.42 Å². The molecule has 1 fully saturated rings. The van der Waals surface area contributed by atoms with E-state index in [-0.39, 0.29) is 17.7 Å². The van der Waals surface area contributed by atoms with Crippen molar-refractivity contribution in [1.29, 1.82) is 0 Å². The number of rotatable bonds is 8. The lowest BCUT2D eigenvalue weighted by atomic mass is 10.1. The number of aliphatic imine (C=N–C) groups is 1. The Labute approximate surface area is 143 Å². The zero-order valence-corrected chi connectivity index (χ0v) is 13.7. The van der Waals surface area contributed by atoms with Crippen LogP contribution in [0.25, 0.3) is 6.08 Å². The monoisotopic (exact) mass is 318 g/mol. The smallest absolute Gasteiger partial charge is 0.228 e. The molecule has 3 nitrogen and oxygen atoms in total. The van der Waals surface area contributed by atoms with E-state index in [4.69, 9.17) is 0 Å². The summed E-state index contributed by atoms with van der Waals surface area (Å²) in [6.45, 7) is 15.0. The average Bonchev–Trinajstić information content (AvgIpc) is 3.39. The highest BCUT2D eigenvalue weighted by Crippen LogP contribution is 2.44. The van der Waals surface area contributed by atoms with Gasteiger partial charge in [0.2, 0.25) is 5.91 Å². The van der Waals surface area contributed by atoms with Gasteiger partial charge < -0.3 is 5.32 Å². The molecule has 1 saturated carbocycles. The number of nitrogens with zero attached hydrogens (tertiary/aromatic N) is 1. The normalized spacial score (nSPS) is 19.2. The quantitative estimate of drug-likeness (QED) is 0.544. The lowest BCUT2D eigenvalue weighted by Crippen LogP contribution is -2.15. The van der Waals surface area contributed by atoms with Gasteiger partial charge in [0.05, 0.1) is 0 Å². The predicted molar refractivity (Wildman–Crippen MR) is 103 cm³/mol. The Morgan fingerprint density at radius 1 is 1.21 bits per heavy atom. The molecule has 0 bridgehead atoms. The van der Waals surface area contributed by atoms with Gasteiger partial charge in [-0.3, -0.25) is 9.79 Å². The van der Waals surface area contributed by atoms with Gasteiger partial charge in [0.1, 0.15) is 0 Å². The first kappa shape index (κ1) is 17.4. The molecule has 1 N–H and O–H groups in total. The number of hydrogen-bond acceptors (Lipinski definition) is 2. The third kappa shape index (κ3) is 4.29. The first-order chi connectivity index (χ1) is 11.6. The maximum Gasteiger partial charge on any atom is 0.228 e. The van der Waals surface area contributed by atoms with E-state index >= 15 is 0 Å². The molecule has 0 spiro atoms. The van der Waals surface area contributed by atoms with Crippen LogP contribution in [0.4, 0.5) is 5.69 Å². The van der Waals surface area contributed by atoms with Gasteiger partial charge in [0.15, 0.2) is 0 Å². The van der Waals surface area contributed by atoms with Crippen LogP contribution in [0.3, 0.4) is 0 Å². The van der Waals surface area contributed by atoms with Gasteiger partial charge in [-0.15, -0.1) is 0 Å². The Hall–Kier alpha value is -2.94. The molecule has 2 atom stereocenters. The number of allylic oxidation sites excluding steroid dienone is 4. The number of carbonyl (C=O) groups is 1. The molecule has 2 unspecified atom stereocenters. The fourth-order valence-electron chi connectivity index (χ4n) is 2.52. The number of hydrogen-bond donors (Lipinski definition) is 1. The summed E-state index contributed by atoms with van der Waals surface area (Å²) in [6.07, 6.45) is 11.2. The number of carbonyl (C=O) groups excluding carboxylic acids is 1. The molecule has 0 radical (unpaired) electrons. The van der Waals surface area contributed by atoms with Gasteiger partial charge in [0, 0.05) is 29.6 Å². The van der Waals surface area contributed by atoms with Gasteiger partial charge in [-0.1, -0.05) is 62.3 Å². The molecule has 0 heterocycles. The first-order valence-corrected chi connectivity index (χ1v) is 7.80. The largest absolute Gasteiger partial charge is 0.326 e. The fraction of sp³-hybridized carbons (Fsp3) is 0.143. The summed E-state index contributed by atoms with van der Waals surface area (Å²) in [5, 5.41) is 2.97. The zero-order chi connectivity index (χ0) is 17.5. The second-order valence-electron chi connectivity index (χ2n) is 5.62. The number of amides is 1. The Morgan fingerprint density at radius 3 is 2.67 bits per heavy atom. The molecular weight excluding hydrogens is 296 g/mol. The number of nitrogens with one attached hydrogen (secondary N) is 1. The summed E-state index contributed by atoms with van der Waals surface area (Å²) in [4.78, 5) is 16.4. The molecule has 1 aliphatic rings. The van der Waals surface area contributed by atoms with E-state index in [9.17, 15) is 4.79 Å². The molecule has 0 aliphatic heterocycles. The predicted octanol–water partition coefficient (Wildman–Crippen LogP) is 4.77. The van der Waals surface area contributed by atoms with Crippen molar-refractivity contribution >= 4 is 23.9 Å². The van der Waals surface area contributed by atoms with Crippen LogP contribution in [0, 0.1) is 11.8 Å². The highest BCUT2D eigenvalue weighted by atomic mass is 16.2. The van der Waals surface area contributed by atoms with Gasteiger partial charge in [-0.25, -0.2) is 0 Å². The minimum atomic E-state index is -0.0128. The summed E-state index contributed by atoms with van der Waals surface area (Å²) in [7, 11) is 0. The number of benzene rings is 1. The molecular formula is C21H22N2O. The Bertz CT molecular complexity index is 740. The average molecular weight is 318 g/mol. The minimum absolute atomic E-state index is 0.0128. The molecule has 1 aromatic rings. The Kier molecular flexibility index (Phi) is 5.85. The number of anilines is 1. The van der Waals surface area contributed by atoms with Crippen LogP contribution in [-0.2, 0) is 4.79 Å². The van der Waals surface area contributed by atoms with Crippen LogP contribution in [-0.4, -0.2) is 12.1 Å². The molecule has 2 rings (SSSR count). The molecule has 122 valence electrons. The topological polar surface area (TPSA) is 41.5 Å². The summed E-state index contributed by atoms with van der Waals surface area (Å²) >= 11 is 0. The Morgan fingerprint density at radius 2 is 2.00 bits per heavy atom. The third-order valence-electron chi connectivity index (χ3n) is 3.94. The van der Waals surface area contributed by atoms with Crippen LogP contribution in [0.1, 0.15) is 17.5 Å². The molecule has 3 heteroatoms. The highest BCUT2D eigenvalue weighted by molar-refractivity contribution is 5.96. The lowest BCUT2D eigenvalue weighted by molar-refractivity contribution is -0.117. The van der Waals surface area contributed by atoms with Crippen molar-refractivity contribution in [2.75, 3.05) is 5.32 Å². The standard InChI is InChI=1S/C21H22N2O/c1-5-8-9-15(4)19-13-20(19)21(24)23-18-11-10-17(14-22-7-3)16(6-2)12-18/h5-12,14,19-20H,1-4,13H2,(H,23,24)/b9-8-,22-14-. The van der Waals surface area contributed by atoms with Gasteiger partial charge in [-0.05, 0) is 30.0 Å². The summed E-state index contributed by atoms with van der Waals surface area (Å²) < 4.78 is 0. The molecule has 1 amide bonds. The van der Waals surface area contributed by atoms with Gasteiger partial charge in [0.25, 0.3) is 0 Å². The van der Waals surface area contributed by atoms with Crippen molar-refractivity contribution in [3.05, 3.63) is 85.6 Å². The first-order valence-electron chi connectivity index (χ1n) is 7.80. The van der Waals surface area contributed by atoms with Crippen LogP contribution in [0.15, 0.2) is 79.5 Å². The molecule has 1 aromatic carbocycles.